The molecule has 5 nitrogen and oxygen atoms in total. The summed E-state index contributed by atoms with van der Waals surface area (Å²) < 4.78 is 1.44. The highest BCUT2D eigenvalue weighted by Gasteiger charge is 2.12. The average Bonchev–Trinajstić information content (AvgIpc) is 2.58. The minimum atomic E-state index is -0.286. The number of carbonyl (C=O) groups excluding carboxylic acids is 1. The van der Waals surface area contributed by atoms with Gasteiger partial charge in [-0.3, -0.25) is 14.2 Å². The van der Waals surface area contributed by atoms with Gasteiger partial charge >= 0.3 is 0 Å². The Balaban J connectivity index is 1.81. The molecule has 23 heavy (non-hydrogen) atoms. The summed E-state index contributed by atoms with van der Waals surface area (Å²) in [4.78, 5) is 28.4. The van der Waals surface area contributed by atoms with Gasteiger partial charge in [-0.1, -0.05) is 42.5 Å². The predicted octanol–water partition coefficient (Wildman–Crippen LogP) is 2.27. The van der Waals surface area contributed by atoms with Crippen molar-refractivity contribution in [3.8, 4) is 0 Å². The van der Waals surface area contributed by atoms with Crippen molar-refractivity contribution < 1.29 is 4.79 Å². The average molecular weight is 307 g/mol. The van der Waals surface area contributed by atoms with Gasteiger partial charge in [-0.15, -0.1) is 0 Å². The lowest BCUT2D eigenvalue weighted by Crippen LogP contribution is -2.34. The van der Waals surface area contributed by atoms with Gasteiger partial charge in [0.15, 0.2) is 0 Å². The van der Waals surface area contributed by atoms with E-state index in [0.717, 1.165) is 5.56 Å². The standard InChI is InChI=1S/C18H17N3O2/c1-13(14-7-3-2-4-8-14)20-17(22)12-21-16-10-6-5-9-15(16)19-11-18(21)23/h2-11,13H,12H2,1H3,(H,20,22). The summed E-state index contributed by atoms with van der Waals surface area (Å²) >= 11 is 0. The quantitative estimate of drug-likeness (QED) is 0.804. The van der Waals surface area contributed by atoms with E-state index >= 15 is 0 Å². The number of aromatic nitrogens is 2. The molecule has 0 spiro atoms. The number of rotatable bonds is 4. The van der Waals surface area contributed by atoms with Crippen LogP contribution >= 0.6 is 0 Å². The lowest BCUT2D eigenvalue weighted by Gasteiger charge is -2.15. The zero-order valence-corrected chi connectivity index (χ0v) is 12.8. The summed E-state index contributed by atoms with van der Waals surface area (Å²) in [5.74, 6) is -0.209. The van der Waals surface area contributed by atoms with Crippen LogP contribution in [0.2, 0.25) is 0 Å². The summed E-state index contributed by atoms with van der Waals surface area (Å²) in [5, 5.41) is 2.92. The number of benzene rings is 2. The Hall–Kier alpha value is -2.95. The highest BCUT2D eigenvalue weighted by molar-refractivity contribution is 5.80. The third kappa shape index (κ3) is 3.29. The SMILES string of the molecule is CC(NC(=O)Cn1c(=O)cnc2ccccc21)c1ccccc1. The second-order valence-electron chi connectivity index (χ2n) is 5.37. The number of fused-ring (bicyclic) bond motifs is 1. The van der Waals surface area contributed by atoms with E-state index in [1.807, 2.05) is 55.5 Å². The van der Waals surface area contributed by atoms with Crippen LogP contribution in [0.5, 0.6) is 0 Å². The first-order valence-electron chi connectivity index (χ1n) is 7.44. The normalized spacial score (nSPS) is 12.0. The molecule has 0 aliphatic heterocycles. The number of carbonyl (C=O) groups is 1. The van der Waals surface area contributed by atoms with Crippen LogP contribution in [0.4, 0.5) is 0 Å². The minimum absolute atomic E-state index is 0.0287. The number of hydrogen-bond acceptors (Lipinski definition) is 3. The first-order chi connectivity index (χ1) is 11.1. The molecule has 1 N–H and O–H groups in total. The van der Waals surface area contributed by atoms with Gasteiger partial charge in [-0.2, -0.15) is 0 Å². The number of nitrogens with one attached hydrogen (secondary N) is 1. The monoisotopic (exact) mass is 307 g/mol. The van der Waals surface area contributed by atoms with E-state index in [1.54, 1.807) is 6.07 Å². The van der Waals surface area contributed by atoms with E-state index < -0.39 is 0 Å². The second-order valence-corrected chi connectivity index (χ2v) is 5.37. The van der Waals surface area contributed by atoms with Crippen molar-refractivity contribution in [2.75, 3.05) is 0 Å². The summed E-state index contributed by atoms with van der Waals surface area (Å²) in [7, 11) is 0. The van der Waals surface area contributed by atoms with Crippen molar-refractivity contribution in [1.82, 2.24) is 14.9 Å². The fourth-order valence-corrected chi connectivity index (χ4v) is 2.53. The molecule has 1 atom stereocenters. The first kappa shape index (κ1) is 15.0. The fraction of sp³-hybridized carbons (Fsp3) is 0.167. The van der Waals surface area contributed by atoms with Gasteiger partial charge in [0.2, 0.25) is 5.91 Å². The molecule has 1 amide bonds. The maximum Gasteiger partial charge on any atom is 0.269 e. The highest BCUT2D eigenvalue weighted by atomic mass is 16.2. The van der Waals surface area contributed by atoms with E-state index in [4.69, 9.17) is 0 Å². The van der Waals surface area contributed by atoms with Crippen molar-refractivity contribution in [2.45, 2.75) is 19.5 Å². The van der Waals surface area contributed by atoms with Crippen LogP contribution in [0, 0.1) is 0 Å². The first-order valence-corrected chi connectivity index (χ1v) is 7.44. The van der Waals surface area contributed by atoms with Gasteiger partial charge in [0.1, 0.15) is 6.54 Å². The number of amides is 1. The summed E-state index contributed by atoms with van der Waals surface area (Å²) in [6.45, 7) is 1.89. The fourth-order valence-electron chi connectivity index (χ4n) is 2.53. The predicted molar refractivity (Wildman–Crippen MR) is 89.0 cm³/mol. The van der Waals surface area contributed by atoms with Crippen LogP contribution in [-0.4, -0.2) is 15.5 Å². The summed E-state index contributed by atoms with van der Waals surface area (Å²) in [5.41, 5.74) is 2.08. The van der Waals surface area contributed by atoms with Crippen molar-refractivity contribution >= 4 is 16.9 Å². The third-order valence-electron chi connectivity index (χ3n) is 3.73. The summed E-state index contributed by atoms with van der Waals surface area (Å²) in [6, 6.07) is 16.9. The molecule has 1 heterocycles. The van der Waals surface area contributed by atoms with E-state index in [9.17, 15) is 9.59 Å². The lowest BCUT2D eigenvalue weighted by molar-refractivity contribution is -0.122. The van der Waals surface area contributed by atoms with E-state index in [2.05, 4.69) is 10.3 Å². The maximum atomic E-state index is 12.3. The summed E-state index contributed by atoms with van der Waals surface area (Å²) in [6.07, 6.45) is 1.25. The van der Waals surface area contributed by atoms with Crippen LogP contribution in [0.25, 0.3) is 11.0 Å². The Morgan fingerprint density at radius 2 is 1.83 bits per heavy atom. The number of hydrogen-bond donors (Lipinski definition) is 1. The minimum Gasteiger partial charge on any atom is -0.348 e. The molecule has 0 radical (unpaired) electrons. The van der Waals surface area contributed by atoms with Crippen molar-refractivity contribution in [3.63, 3.8) is 0 Å². The molecule has 116 valence electrons. The van der Waals surface area contributed by atoms with Gasteiger partial charge in [-0.05, 0) is 24.6 Å². The molecule has 5 heteroatoms. The number of para-hydroxylation sites is 2. The smallest absolute Gasteiger partial charge is 0.269 e. The molecule has 0 saturated heterocycles. The van der Waals surface area contributed by atoms with Gasteiger partial charge in [-0.25, -0.2) is 4.98 Å². The molecule has 0 aliphatic rings. The Morgan fingerprint density at radius 3 is 2.61 bits per heavy atom. The van der Waals surface area contributed by atoms with Gasteiger partial charge in [0.25, 0.3) is 5.56 Å². The second kappa shape index (κ2) is 6.44. The topological polar surface area (TPSA) is 64.0 Å². The van der Waals surface area contributed by atoms with Crippen LogP contribution in [0.15, 0.2) is 65.6 Å². The largest absolute Gasteiger partial charge is 0.348 e. The van der Waals surface area contributed by atoms with Crippen molar-refractivity contribution in [3.05, 3.63) is 76.7 Å². The molecule has 3 rings (SSSR count). The molecule has 3 aromatic rings. The Kier molecular flexibility index (Phi) is 4.19. The van der Waals surface area contributed by atoms with E-state index in [-0.39, 0.29) is 24.1 Å². The maximum absolute atomic E-state index is 12.3. The van der Waals surface area contributed by atoms with Gasteiger partial charge in [0.05, 0.1) is 23.3 Å². The van der Waals surface area contributed by atoms with Crippen LogP contribution in [0.3, 0.4) is 0 Å². The molecule has 0 bridgehead atoms. The zero-order chi connectivity index (χ0) is 16.2. The van der Waals surface area contributed by atoms with E-state index in [0.29, 0.717) is 11.0 Å². The van der Waals surface area contributed by atoms with Crippen molar-refractivity contribution in [1.29, 1.82) is 0 Å². The van der Waals surface area contributed by atoms with Crippen LogP contribution < -0.4 is 10.9 Å². The zero-order valence-electron chi connectivity index (χ0n) is 12.8. The van der Waals surface area contributed by atoms with Gasteiger partial charge < -0.3 is 5.32 Å². The molecule has 0 fully saturated rings. The van der Waals surface area contributed by atoms with Crippen LogP contribution in [0.1, 0.15) is 18.5 Å². The molecular formula is C18H17N3O2. The lowest BCUT2D eigenvalue weighted by atomic mass is 10.1. The molecule has 1 aromatic heterocycles. The van der Waals surface area contributed by atoms with E-state index in [1.165, 1.54) is 10.8 Å². The Morgan fingerprint density at radius 1 is 1.13 bits per heavy atom. The third-order valence-corrected chi connectivity index (χ3v) is 3.73. The van der Waals surface area contributed by atoms with Gasteiger partial charge in [0, 0.05) is 0 Å². The Labute approximate surface area is 133 Å². The molecular weight excluding hydrogens is 290 g/mol. The van der Waals surface area contributed by atoms with Crippen molar-refractivity contribution in [2.24, 2.45) is 0 Å². The molecule has 0 saturated carbocycles. The Bertz CT molecular complexity index is 887. The molecule has 0 aliphatic carbocycles. The number of nitrogens with zero attached hydrogens (tertiary/aromatic N) is 2. The molecule has 2 aromatic carbocycles. The molecule has 1 unspecified atom stereocenters. The highest BCUT2D eigenvalue weighted by Crippen LogP contribution is 2.12. The van der Waals surface area contributed by atoms with Crippen LogP contribution in [-0.2, 0) is 11.3 Å².